The first-order valence-electron chi connectivity index (χ1n) is 9.07. The van der Waals surface area contributed by atoms with Crippen molar-refractivity contribution in [3.63, 3.8) is 0 Å². The Labute approximate surface area is 172 Å². The first kappa shape index (κ1) is 20.4. The molecule has 1 N–H and O–H groups in total. The van der Waals surface area contributed by atoms with Gasteiger partial charge in [-0.3, -0.25) is 9.59 Å². The molecule has 1 atom stereocenters. The second-order valence-corrected chi connectivity index (χ2v) is 6.79. The molecular formula is C21H19ClN4O3. The number of ether oxygens (including phenoxy) is 1. The van der Waals surface area contributed by atoms with Crippen LogP contribution in [-0.4, -0.2) is 27.5 Å². The number of aryl methyl sites for hydroxylation is 1. The lowest BCUT2D eigenvalue weighted by molar-refractivity contribution is -0.153. The Kier molecular flexibility index (Phi) is 6.15. The molecule has 0 radical (unpaired) electrons. The number of benzene rings is 2. The van der Waals surface area contributed by atoms with E-state index in [2.05, 4.69) is 10.3 Å². The minimum Gasteiger partial charge on any atom is -0.451 e. The van der Waals surface area contributed by atoms with E-state index < -0.39 is 18.0 Å². The molecule has 3 rings (SSSR count). The van der Waals surface area contributed by atoms with Crippen LogP contribution in [0.5, 0.6) is 0 Å². The normalized spacial score (nSPS) is 11.7. The highest BCUT2D eigenvalue weighted by atomic mass is 35.5. The number of carbonyl (C=O) groups excluding carboxylic acids is 2. The molecule has 0 aliphatic heterocycles. The summed E-state index contributed by atoms with van der Waals surface area (Å²) in [5, 5.41) is 11.8. The highest BCUT2D eigenvalue weighted by Gasteiger charge is 2.20. The van der Waals surface area contributed by atoms with Crippen molar-refractivity contribution in [3.05, 3.63) is 58.9 Å². The van der Waals surface area contributed by atoms with Gasteiger partial charge in [0.25, 0.3) is 5.91 Å². The number of imidazole rings is 1. The van der Waals surface area contributed by atoms with Gasteiger partial charge in [0, 0.05) is 12.1 Å². The van der Waals surface area contributed by atoms with E-state index in [1.54, 1.807) is 10.6 Å². The maximum atomic E-state index is 12.4. The van der Waals surface area contributed by atoms with Crippen molar-refractivity contribution >= 4 is 40.2 Å². The largest absolute Gasteiger partial charge is 0.451 e. The number of para-hydroxylation sites is 2. The quantitative estimate of drug-likeness (QED) is 0.625. The summed E-state index contributed by atoms with van der Waals surface area (Å²) in [7, 11) is 0. The number of nitrogens with zero attached hydrogens (tertiary/aromatic N) is 3. The molecule has 0 spiro atoms. The lowest BCUT2D eigenvalue weighted by Gasteiger charge is -2.15. The van der Waals surface area contributed by atoms with Crippen LogP contribution in [0.1, 0.15) is 25.2 Å². The molecular weight excluding hydrogens is 392 g/mol. The number of carbonyl (C=O) groups is 2. The monoisotopic (exact) mass is 410 g/mol. The molecule has 0 fully saturated rings. The maximum Gasteiger partial charge on any atom is 0.326 e. The van der Waals surface area contributed by atoms with Gasteiger partial charge >= 0.3 is 5.97 Å². The number of fused-ring (bicyclic) bond motifs is 1. The van der Waals surface area contributed by atoms with Crippen molar-refractivity contribution in [2.75, 3.05) is 5.32 Å². The van der Waals surface area contributed by atoms with E-state index in [4.69, 9.17) is 21.6 Å². The summed E-state index contributed by atoms with van der Waals surface area (Å²) in [6.45, 7) is 3.41. The molecule has 1 heterocycles. The average molecular weight is 411 g/mol. The van der Waals surface area contributed by atoms with Crippen molar-refractivity contribution in [1.82, 2.24) is 9.55 Å². The van der Waals surface area contributed by atoms with Gasteiger partial charge < -0.3 is 14.6 Å². The molecule has 0 bridgehead atoms. The molecule has 0 aliphatic rings. The third-order valence-electron chi connectivity index (χ3n) is 4.37. The minimum absolute atomic E-state index is 0.0377. The van der Waals surface area contributed by atoms with Gasteiger partial charge in [-0.2, -0.15) is 5.26 Å². The standard InChI is InChI=1S/C21H19ClN4O3/c1-3-19-25-17-6-4-5-7-18(17)26(19)12-20(27)29-13(2)21(28)24-15-9-8-14(11-23)16(22)10-15/h4-10,13H,3,12H2,1-2H3,(H,24,28). The maximum absolute atomic E-state index is 12.4. The van der Waals surface area contributed by atoms with Crippen LogP contribution in [0, 0.1) is 11.3 Å². The number of anilines is 1. The first-order chi connectivity index (χ1) is 13.9. The van der Waals surface area contributed by atoms with Crippen LogP contribution in [-0.2, 0) is 27.3 Å². The number of nitrogens with one attached hydrogen (secondary N) is 1. The number of rotatable bonds is 6. The Bertz CT molecular complexity index is 1120. The van der Waals surface area contributed by atoms with Crippen molar-refractivity contribution < 1.29 is 14.3 Å². The van der Waals surface area contributed by atoms with Crippen molar-refractivity contribution in [3.8, 4) is 6.07 Å². The summed E-state index contributed by atoms with van der Waals surface area (Å²) in [6, 6.07) is 14.0. The summed E-state index contributed by atoms with van der Waals surface area (Å²) in [5.41, 5.74) is 2.37. The lowest BCUT2D eigenvalue weighted by Crippen LogP contribution is -2.31. The van der Waals surface area contributed by atoms with E-state index in [-0.39, 0.29) is 11.6 Å². The zero-order chi connectivity index (χ0) is 21.0. The average Bonchev–Trinajstić information content (AvgIpc) is 3.05. The number of aromatic nitrogens is 2. The Hall–Kier alpha value is -3.37. The second-order valence-electron chi connectivity index (χ2n) is 6.38. The summed E-state index contributed by atoms with van der Waals surface area (Å²) in [4.78, 5) is 29.3. The van der Waals surface area contributed by atoms with Gasteiger partial charge in [0.1, 0.15) is 18.4 Å². The van der Waals surface area contributed by atoms with Gasteiger partial charge in [0.15, 0.2) is 6.10 Å². The van der Waals surface area contributed by atoms with Crippen LogP contribution < -0.4 is 5.32 Å². The van der Waals surface area contributed by atoms with Crippen molar-refractivity contribution in [2.24, 2.45) is 0 Å². The van der Waals surface area contributed by atoms with Crippen LogP contribution in [0.15, 0.2) is 42.5 Å². The number of nitriles is 1. The van der Waals surface area contributed by atoms with Crippen molar-refractivity contribution in [2.45, 2.75) is 32.9 Å². The molecule has 29 heavy (non-hydrogen) atoms. The van der Waals surface area contributed by atoms with Crippen LogP contribution >= 0.6 is 11.6 Å². The molecule has 1 amide bonds. The van der Waals surface area contributed by atoms with E-state index >= 15 is 0 Å². The zero-order valence-corrected chi connectivity index (χ0v) is 16.7. The Morgan fingerprint density at radius 3 is 2.76 bits per heavy atom. The third kappa shape index (κ3) is 4.55. The molecule has 1 unspecified atom stereocenters. The zero-order valence-electron chi connectivity index (χ0n) is 16.0. The van der Waals surface area contributed by atoms with Gasteiger partial charge in [-0.05, 0) is 37.3 Å². The van der Waals surface area contributed by atoms with Crippen LogP contribution in [0.25, 0.3) is 11.0 Å². The van der Waals surface area contributed by atoms with Gasteiger partial charge in [-0.15, -0.1) is 0 Å². The molecule has 2 aromatic carbocycles. The van der Waals surface area contributed by atoms with Gasteiger partial charge in [-0.1, -0.05) is 30.7 Å². The van der Waals surface area contributed by atoms with Crippen LogP contribution in [0.3, 0.4) is 0 Å². The van der Waals surface area contributed by atoms with Gasteiger partial charge in [0.2, 0.25) is 0 Å². The minimum atomic E-state index is -1.00. The molecule has 7 nitrogen and oxygen atoms in total. The van der Waals surface area contributed by atoms with Gasteiger partial charge in [-0.25, -0.2) is 4.98 Å². The van der Waals surface area contributed by atoms with E-state index in [1.165, 1.54) is 19.1 Å². The number of amides is 1. The van der Waals surface area contributed by atoms with Crippen LogP contribution in [0.4, 0.5) is 5.69 Å². The molecule has 3 aromatic rings. The fourth-order valence-electron chi connectivity index (χ4n) is 2.92. The lowest BCUT2D eigenvalue weighted by atomic mass is 10.2. The molecule has 0 aliphatic carbocycles. The smallest absolute Gasteiger partial charge is 0.326 e. The first-order valence-corrected chi connectivity index (χ1v) is 9.44. The van der Waals surface area contributed by atoms with E-state index in [0.717, 1.165) is 16.9 Å². The fraction of sp³-hybridized carbons (Fsp3) is 0.238. The summed E-state index contributed by atoms with van der Waals surface area (Å²) in [5.74, 6) is -0.263. The fourth-order valence-corrected chi connectivity index (χ4v) is 3.14. The van der Waals surface area contributed by atoms with Crippen LogP contribution in [0.2, 0.25) is 5.02 Å². The Balaban J connectivity index is 1.65. The molecule has 1 aromatic heterocycles. The Morgan fingerprint density at radius 1 is 1.31 bits per heavy atom. The molecule has 8 heteroatoms. The number of halogens is 1. The highest BCUT2D eigenvalue weighted by Crippen LogP contribution is 2.21. The SMILES string of the molecule is CCc1nc2ccccc2n1CC(=O)OC(C)C(=O)Nc1ccc(C#N)c(Cl)c1. The third-order valence-corrected chi connectivity index (χ3v) is 4.68. The topological polar surface area (TPSA) is 97.0 Å². The predicted molar refractivity (Wildman–Crippen MR) is 109 cm³/mol. The number of esters is 1. The predicted octanol–water partition coefficient (Wildman–Crippen LogP) is 3.69. The molecule has 0 saturated heterocycles. The summed E-state index contributed by atoms with van der Waals surface area (Å²) in [6.07, 6.45) is -0.339. The molecule has 0 saturated carbocycles. The summed E-state index contributed by atoms with van der Waals surface area (Å²) < 4.78 is 7.09. The molecule has 148 valence electrons. The number of hydrogen-bond acceptors (Lipinski definition) is 5. The van der Waals surface area contributed by atoms with Crippen molar-refractivity contribution in [1.29, 1.82) is 5.26 Å². The summed E-state index contributed by atoms with van der Waals surface area (Å²) >= 11 is 5.96. The van der Waals surface area contributed by atoms with E-state index in [9.17, 15) is 9.59 Å². The van der Waals surface area contributed by atoms with E-state index in [1.807, 2.05) is 37.3 Å². The highest BCUT2D eigenvalue weighted by molar-refractivity contribution is 6.32. The van der Waals surface area contributed by atoms with E-state index in [0.29, 0.717) is 17.7 Å². The van der Waals surface area contributed by atoms with Gasteiger partial charge in [0.05, 0.1) is 21.6 Å². The second kappa shape index (κ2) is 8.76. The number of hydrogen-bond donors (Lipinski definition) is 1. The Morgan fingerprint density at radius 2 is 2.07 bits per heavy atom.